The lowest BCUT2D eigenvalue weighted by atomic mass is 10.0. The summed E-state index contributed by atoms with van der Waals surface area (Å²) < 4.78 is 6.93. The summed E-state index contributed by atoms with van der Waals surface area (Å²) in [6, 6.07) is 8.52. The number of hydrogen-bond acceptors (Lipinski definition) is 4. The van der Waals surface area contributed by atoms with Crippen molar-refractivity contribution in [2.75, 3.05) is 13.7 Å². The van der Waals surface area contributed by atoms with Crippen molar-refractivity contribution in [2.24, 2.45) is 0 Å². The second-order valence-electron chi connectivity index (χ2n) is 6.32. The van der Waals surface area contributed by atoms with Crippen LogP contribution in [-0.4, -0.2) is 41.4 Å². The van der Waals surface area contributed by atoms with E-state index < -0.39 is 0 Å². The molecule has 2 unspecified atom stereocenters. The zero-order valence-electron chi connectivity index (χ0n) is 14.6. The standard InChI is InChI=1S/C18H24N4O2.ClH/c1-13-9-16(7-8-19-13)21-18(23)15-10-20-22(12-15)11-14-3-5-17(24-2)6-4-14;/h3-6,10,12-13,16,19H,7-9,11H2,1-2H3,(H,21,23);1H. The summed E-state index contributed by atoms with van der Waals surface area (Å²) in [5, 5.41) is 10.8. The van der Waals surface area contributed by atoms with E-state index in [-0.39, 0.29) is 24.4 Å². The minimum atomic E-state index is -0.0462. The summed E-state index contributed by atoms with van der Waals surface area (Å²) in [5.74, 6) is 0.783. The van der Waals surface area contributed by atoms with E-state index in [4.69, 9.17) is 4.74 Å². The highest BCUT2D eigenvalue weighted by molar-refractivity contribution is 5.93. The Balaban J connectivity index is 0.00000225. The van der Waals surface area contributed by atoms with E-state index in [2.05, 4.69) is 22.7 Å². The van der Waals surface area contributed by atoms with Gasteiger partial charge in [-0.3, -0.25) is 9.48 Å². The lowest BCUT2D eigenvalue weighted by Crippen LogP contribution is -2.46. The first-order valence-electron chi connectivity index (χ1n) is 8.33. The predicted octanol–water partition coefficient (Wildman–Crippen LogP) is 2.23. The van der Waals surface area contributed by atoms with Crippen molar-refractivity contribution in [1.82, 2.24) is 20.4 Å². The monoisotopic (exact) mass is 364 g/mol. The Hall–Kier alpha value is -2.05. The fraction of sp³-hybridized carbons (Fsp3) is 0.444. The summed E-state index contributed by atoms with van der Waals surface area (Å²) in [4.78, 5) is 12.4. The molecule has 2 N–H and O–H groups in total. The molecule has 1 amide bonds. The molecule has 0 radical (unpaired) electrons. The highest BCUT2D eigenvalue weighted by Gasteiger charge is 2.21. The van der Waals surface area contributed by atoms with E-state index >= 15 is 0 Å². The van der Waals surface area contributed by atoms with Crippen LogP contribution in [0, 0.1) is 0 Å². The van der Waals surface area contributed by atoms with Gasteiger partial charge in [0.15, 0.2) is 0 Å². The molecule has 1 saturated heterocycles. The van der Waals surface area contributed by atoms with Gasteiger partial charge in [-0.15, -0.1) is 12.4 Å². The topological polar surface area (TPSA) is 68.2 Å². The average molecular weight is 365 g/mol. The maximum Gasteiger partial charge on any atom is 0.254 e. The zero-order valence-corrected chi connectivity index (χ0v) is 15.4. The number of benzene rings is 1. The quantitative estimate of drug-likeness (QED) is 0.853. The van der Waals surface area contributed by atoms with Crippen LogP contribution in [0.1, 0.15) is 35.7 Å². The van der Waals surface area contributed by atoms with E-state index in [0.717, 1.165) is 30.7 Å². The van der Waals surface area contributed by atoms with Crippen molar-refractivity contribution in [3.8, 4) is 5.75 Å². The lowest BCUT2D eigenvalue weighted by molar-refractivity contribution is 0.0925. The first kappa shape index (κ1) is 19.3. The molecule has 2 aromatic rings. The van der Waals surface area contributed by atoms with Crippen LogP contribution in [0.2, 0.25) is 0 Å². The summed E-state index contributed by atoms with van der Waals surface area (Å²) >= 11 is 0. The minimum absolute atomic E-state index is 0. The fourth-order valence-corrected chi connectivity index (χ4v) is 3.02. The van der Waals surface area contributed by atoms with Crippen LogP contribution in [0.15, 0.2) is 36.7 Å². The molecule has 1 fully saturated rings. The molecule has 0 saturated carbocycles. The number of nitrogens with zero attached hydrogens (tertiary/aromatic N) is 2. The molecule has 2 atom stereocenters. The second-order valence-corrected chi connectivity index (χ2v) is 6.32. The van der Waals surface area contributed by atoms with Gasteiger partial charge in [-0.05, 0) is 44.0 Å². The van der Waals surface area contributed by atoms with Crippen LogP contribution in [0.25, 0.3) is 0 Å². The number of halogens is 1. The van der Waals surface area contributed by atoms with Gasteiger partial charge >= 0.3 is 0 Å². The molecule has 1 aromatic heterocycles. The average Bonchev–Trinajstić information content (AvgIpc) is 3.04. The largest absolute Gasteiger partial charge is 0.497 e. The Morgan fingerprint density at radius 1 is 1.40 bits per heavy atom. The van der Waals surface area contributed by atoms with Crippen LogP contribution in [0.3, 0.4) is 0 Å². The number of carbonyl (C=O) groups is 1. The van der Waals surface area contributed by atoms with Gasteiger partial charge in [0, 0.05) is 18.3 Å². The van der Waals surface area contributed by atoms with Gasteiger partial charge < -0.3 is 15.4 Å². The van der Waals surface area contributed by atoms with Crippen LogP contribution in [0.4, 0.5) is 0 Å². The Bertz CT molecular complexity index is 687. The Morgan fingerprint density at radius 3 is 2.84 bits per heavy atom. The van der Waals surface area contributed by atoms with Crippen LogP contribution in [-0.2, 0) is 6.54 Å². The third-order valence-electron chi connectivity index (χ3n) is 4.36. The molecule has 1 aromatic carbocycles. The molecule has 6 nitrogen and oxygen atoms in total. The number of aromatic nitrogens is 2. The molecule has 25 heavy (non-hydrogen) atoms. The minimum Gasteiger partial charge on any atom is -0.497 e. The van der Waals surface area contributed by atoms with Crippen molar-refractivity contribution < 1.29 is 9.53 Å². The number of hydrogen-bond donors (Lipinski definition) is 2. The number of piperidine rings is 1. The highest BCUT2D eigenvalue weighted by Crippen LogP contribution is 2.13. The molecule has 2 heterocycles. The summed E-state index contributed by atoms with van der Waals surface area (Å²) in [6.45, 7) is 3.72. The van der Waals surface area contributed by atoms with E-state index in [9.17, 15) is 4.79 Å². The first-order chi connectivity index (χ1) is 11.6. The molecule has 7 heteroatoms. The molecule has 0 bridgehead atoms. The molecule has 3 rings (SSSR count). The molecule has 136 valence electrons. The number of amides is 1. The van der Waals surface area contributed by atoms with Crippen molar-refractivity contribution in [1.29, 1.82) is 0 Å². The number of carbonyl (C=O) groups excluding carboxylic acids is 1. The van der Waals surface area contributed by atoms with Crippen LogP contribution < -0.4 is 15.4 Å². The Kier molecular flexibility index (Phi) is 6.84. The highest BCUT2D eigenvalue weighted by atomic mass is 35.5. The fourth-order valence-electron chi connectivity index (χ4n) is 3.02. The van der Waals surface area contributed by atoms with Crippen molar-refractivity contribution in [3.63, 3.8) is 0 Å². The maximum absolute atomic E-state index is 12.4. The van der Waals surface area contributed by atoms with Gasteiger partial charge in [-0.2, -0.15) is 5.10 Å². The van der Waals surface area contributed by atoms with Crippen molar-refractivity contribution in [3.05, 3.63) is 47.8 Å². The summed E-state index contributed by atoms with van der Waals surface area (Å²) in [5.41, 5.74) is 1.72. The lowest BCUT2D eigenvalue weighted by Gasteiger charge is -2.28. The van der Waals surface area contributed by atoms with Crippen molar-refractivity contribution in [2.45, 2.75) is 38.4 Å². The van der Waals surface area contributed by atoms with E-state index in [1.807, 2.05) is 24.3 Å². The number of ether oxygens (including phenoxy) is 1. The van der Waals surface area contributed by atoms with Gasteiger partial charge in [0.25, 0.3) is 5.91 Å². The number of nitrogens with one attached hydrogen (secondary N) is 2. The van der Waals surface area contributed by atoms with E-state index in [1.54, 1.807) is 24.2 Å². The summed E-state index contributed by atoms with van der Waals surface area (Å²) in [7, 11) is 1.65. The molecule has 0 spiro atoms. The molecular formula is C18H25ClN4O2. The Labute approximate surface area is 154 Å². The normalized spacial score (nSPS) is 19.8. The Morgan fingerprint density at radius 2 is 2.16 bits per heavy atom. The van der Waals surface area contributed by atoms with E-state index in [0.29, 0.717) is 18.2 Å². The van der Waals surface area contributed by atoms with Crippen LogP contribution >= 0.6 is 12.4 Å². The summed E-state index contributed by atoms with van der Waals surface area (Å²) in [6.07, 6.45) is 5.36. The number of methoxy groups -OCH3 is 1. The second kappa shape index (κ2) is 8.87. The van der Waals surface area contributed by atoms with E-state index in [1.165, 1.54) is 0 Å². The van der Waals surface area contributed by atoms with Gasteiger partial charge in [0.2, 0.25) is 0 Å². The molecular weight excluding hydrogens is 340 g/mol. The molecule has 1 aliphatic heterocycles. The predicted molar refractivity (Wildman–Crippen MR) is 99.5 cm³/mol. The molecule has 1 aliphatic rings. The zero-order chi connectivity index (χ0) is 16.9. The third kappa shape index (κ3) is 5.21. The van der Waals surface area contributed by atoms with Gasteiger partial charge in [-0.25, -0.2) is 0 Å². The van der Waals surface area contributed by atoms with Gasteiger partial charge in [-0.1, -0.05) is 12.1 Å². The SMILES string of the molecule is COc1ccc(Cn2cc(C(=O)NC3CCNC(C)C3)cn2)cc1.Cl. The molecule has 0 aliphatic carbocycles. The number of rotatable bonds is 5. The van der Waals surface area contributed by atoms with Crippen molar-refractivity contribution >= 4 is 18.3 Å². The third-order valence-corrected chi connectivity index (χ3v) is 4.36. The van der Waals surface area contributed by atoms with Gasteiger partial charge in [0.05, 0.1) is 25.4 Å². The smallest absolute Gasteiger partial charge is 0.254 e. The maximum atomic E-state index is 12.4. The van der Waals surface area contributed by atoms with Crippen LogP contribution in [0.5, 0.6) is 5.75 Å². The van der Waals surface area contributed by atoms with Gasteiger partial charge in [0.1, 0.15) is 5.75 Å². The first-order valence-corrected chi connectivity index (χ1v) is 8.33.